The molecule has 0 bridgehead atoms. The number of halogens is 4. The third-order valence-corrected chi connectivity index (χ3v) is 2.93. The molecule has 4 nitrogen and oxygen atoms in total. The van der Waals surface area contributed by atoms with Crippen LogP contribution in [0, 0.1) is 11.3 Å². The molecule has 8 heteroatoms. The number of alkyl halides is 3. The molecule has 110 valence electrons. The van der Waals surface area contributed by atoms with E-state index in [1.807, 2.05) is 6.07 Å². The molecule has 0 spiro atoms. The maximum absolute atomic E-state index is 13.0. The van der Waals surface area contributed by atoms with Crippen molar-refractivity contribution >= 4 is 21.7 Å². The van der Waals surface area contributed by atoms with Gasteiger partial charge in [-0.1, -0.05) is 0 Å². The lowest BCUT2D eigenvalue weighted by molar-refractivity contribution is -0.137. The van der Waals surface area contributed by atoms with Crippen molar-refractivity contribution in [3.8, 4) is 6.07 Å². The van der Waals surface area contributed by atoms with E-state index in [-0.39, 0.29) is 36.4 Å². The van der Waals surface area contributed by atoms with Gasteiger partial charge in [-0.05, 0) is 22.0 Å². The molecule has 1 aromatic rings. The second-order valence-electron chi connectivity index (χ2n) is 3.91. The van der Waals surface area contributed by atoms with Crippen LogP contribution in [-0.4, -0.2) is 31.8 Å². The predicted molar refractivity (Wildman–Crippen MR) is 71.3 cm³/mol. The second kappa shape index (κ2) is 7.45. The number of aromatic nitrogens is 1. The zero-order chi connectivity index (χ0) is 15.2. The van der Waals surface area contributed by atoms with Crippen LogP contribution in [0.3, 0.4) is 0 Å². The highest BCUT2D eigenvalue weighted by Crippen LogP contribution is 2.36. The molecule has 20 heavy (non-hydrogen) atoms. The maximum atomic E-state index is 13.0. The van der Waals surface area contributed by atoms with Gasteiger partial charge in [0, 0.05) is 30.9 Å². The first-order chi connectivity index (χ1) is 9.40. The molecule has 0 aliphatic heterocycles. The van der Waals surface area contributed by atoms with Gasteiger partial charge in [-0.2, -0.15) is 18.4 Å². The average Bonchev–Trinajstić information content (AvgIpc) is 2.38. The molecule has 1 rings (SSSR count). The zero-order valence-electron chi connectivity index (χ0n) is 10.7. The molecule has 0 saturated heterocycles. The van der Waals surface area contributed by atoms with Gasteiger partial charge in [0.05, 0.1) is 24.7 Å². The summed E-state index contributed by atoms with van der Waals surface area (Å²) in [6, 6.07) is 2.89. The van der Waals surface area contributed by atoms with Crippen molar-refractivity contribution in [1.82, 2.24) is 4.98 Å². The maximum Gasteiger partial charge on any atom is 0.419 e. The molecule has 0 radical (unpaired) electrons. The SMILES string of the molecule is COCCN(CCC#N)c1ncc(Br)cc1C(F)(F)F. The van der Waals surface area contributed by atoms with Crippen LogP contribution >= 0.6 is 15.9 Å². The third kappa shape index (κ3) is 4.65. The van der Waals surface area contributed by atoms with Crippen molar-refractivity contribution in [2.75, 3.05) is 31.7 Å². The van der Waals surface area contributed by atoms with E-state index < -0.39 is 11.7 Å². The molecule has 0 atom stereocenters. The Bertz CT molecular complexity index is 488. The summed E-state index contributed by atoms with van der Waals surface area (Å²) >= 11 is 2.99. The largest absolute Gasteiger partial charge is 0.419 e. The molecular weight excluding hydrogens is 339 g/mol. The summed E-state index contributed by atoms with van der Waals surface area (Å²) in [7, 11) is 1.46. The Morgan fingerprint density at radius 3 is 2.70 bits per heavy atom. The fraction of sp³-hybridized carbons (Fsp3) is 0.500. The van der Waals surface area contributed by atoms with Crippen LogP contribution < -0.4 is 4.90 Å². The predicted octanol–water partition coefficient (Wildman–Crippen LogP) is 3.23. The van der Waals surface area contributed by atoms with Gasteiger partial charge in [-0.15, -0.1) is 0 Å². The minimum atomic E-state index is -4.51. The summed E-state index contributed by atoms with van der Waals surface area (Å²) in [4.78, 5) is 5.25. The number of anilines is 1. The van der Waals surface area contributed by atoms with Crippen LogP contribution in [0.15, 0.2) is 16.7 Å². The van der Waals surface area contributed by atoms with E-state index in [0.717, 1.165) is 6.07 Å². The van der Waals surface area contributed by atoms with Crippen LogP contribution in [0.25, 0.3) is 0 Å². The lowest BCUT2D eigenvalue weighted by atomic mass is 10.2. The molecule has 0 aromatic carbocycles. The molecule has 0 aliphatic rings. The summed E-state index contributed by atoms with van der Waals surface area (Å²) in [6.45, 7) is 0.647. The van der Waals surface area contributed by atoms with E-state index in [0.29, 0.717) is 0 Å². The molecule has 0 N–H and O–H groups in total. The lowest BCUT2D eigenvalue weighted by Gasteiger charge is -2.25. The van der Waals surface area contributed by atoms with Gasteiger partial charge in [0.1, 0.15) is 5.82 Å². The first kappa shape index (κ1) is 16.7. The zero-order valence-corrected chi connectivity index (χ0v) is 12.3. The number of nitrogens with zero attached hydrogens (tertiary/aromatic N) is 3. The van der Waals surface area contributed by atoms with Crippen LogP contribution in [-0.2, 0) is 10.9 Å². The first-order valence-corrected chi connectivity index (χ1v) is 6.53. The highest BCUT2D eigenvalue weighted by Gasteiger charge is 2.36. The number of rotatable bonds is 6. The van der Waals surface area contributed by atoms with E-state index in [1.165, 1.54) is 18.2 Å². The molecule has 0 amide bonds. The Balaban J connectivity index is 3.14. The summed E-state index contributed by atoms with van der Waals surface area (Å²) in [5, 5.41) is 8.60. The standard InChI is InChI=1S/C12H13BrF3N3O/c1-20-6-5-19(4-2-3-17)11-10(12(14,15)16)7-9(13)8-18-11/h7-8H,2,4-6H2,1H3. The van der Waals surface area contributed by atoms with Gasteiger partial charge in [0.15, 0.2) is 0 Å². The highest BCUT2D eigenvalue weighted by molar-refractivity contribution is 9.10. The van der Waals surface area contributed by atoms with E-state index in [4.69, 9.17) is 10.00 Å². The van der Waals surface area contributed by atoms with Crippen molar-refractivity contribution in [3.63, 3.8) is 0 Å². The number of hydrogen-bond donors (Lipinski definition) is 0. The Kier molecular flexibility index (Phi) is 6.23. The highest BCUT2D eigenvalue weighted by atomic mass is 79.9. The van der Waals surface area contributed by atoms with Crippen molar-refractivity contribution in [2.45, 2.75) is 12.6 Å². The van der Waals surface area contributed by atoms with Gasteiger partial charge < -0.3 is 9.64 Å². The minimum absolute atomic E-state index is 0.110. The Morgan fingerprint density at radius 1 is 1.45 bits per heavy atom. The van der Waals surface area contributed by atoms with Gasteiger partial charge in [0.2, 0.25) is 0 Å². The molecule has 0 fully saturated rings. The van der Waals surface area contributed by atoms with Crippen LogP contribution in [0.4, 0.5) is 19.0 Å². The Labute approximate surface area is 123 Å². The normalized spacial score (nSPS) is 11.2. The average molecular weight is 352 g/mol. The Morgan fingerprint density at radius 2 is 2.15 bits per heavy atom. The van der Waals surface area contributed by atoms with Gasteiger partial charge in [0.25, 0.3) is 0 Å². The fourth-order valence-corrected chi connectivity index (χ4v) is 1.93. The van der Waals surface area contributed by atoms with Crippen LogP contribution in [0.2, 0.25) is 0 Å². The van der Waals surface area contributed by atoms with Gasteiger partial charge in [-0.3, -0.25) is 0 Å². The molecule has 0 unspecified atom stereocenters. The second-order valence-corrected chi connectivity index (χ2v) is 4.83. The van der Waals surface area contributed by atoms with Crippen molar-refractivity contribution in [1.29, 1.82) is 5.26 Å². The number of nitriles is 1. The van der Waals surface area contributed by atoms with Crippen molar-refractivity contribution in [2.24, 2.45) is 0 Å². The van der Waals surface area contributed by atoms with Gasteiger partial charge >= 0.3 is 6.18 Å². The summed E-state index contributed by atoms with van der Waals surface area (Å²) in [6.07, 6.45) is -3.10. The van der Waals surface area contributed by atoms with Gasteiger partial charge in [-0.25, -0.2) is 4.98 Å². The topological polar surface area (TPSA) is 49.1 Å². The minimum Gasteiger partial charge on any atom is -0.383 e. The molecule has 0 aliphatic carbocycles. The fourth-order valence-electron chi connectivity index (χ4n) is 1.60. The first-order valence-electron chi connectivity index (χ1n) is 5.73. The molecule has 0 saturated carbocycles. The number of ether oxygens (including phenoxy) is 1. The van der Waals surface area contributed by atoms with E-state index >= 15 is 0 Å². The summed E-state index contributed by atoms with van der Waals surface area (Å²) in [5.74, 6) is -0.187. The summed E-state index contributed by atoms with van der Waals surface area (Å²) < 4.78 is 44.3. The van der Waals surface area contributed by atoms with E-state index in [1.54, 1.807) is 0 Å². The van der Waals surface area contributed by atoms with E-state index in [9.17, 15) is 13.2 Å². The number of methoxy groups -OCH3 is 1. The smallest absolute Gasteiger partial charge is 0.383 e. The molecular formula is C12H13BrF3N3O. The number of pyridine rings is 1. The molecule has 1 heterocycles. The van der Waals surface area contributed by atoms with E-state index in [2.05, 4.69) is 20.9 Å². The Hall–Kier alpha value is -1.33. The van der Waals surface area contributed by atoms with Crippen molar-refractivity contribution in [3.05, 3.63) is 22.3 Å². The summed E-state index contributed by atoms with van der Waals surface area (Å²) in [5.41, 5.74) is -0.832. The monoisotopic (exact) mass is 351 g/mol. The quantitative estimate of drug-likeness (QED) is 0.789. The van der Waals surface area contributed by atoms with Crippen LogP contribution in [0.1, 0.15) is 12.0 Å². The van der Waals surface area contributed by atoms with Crippen LogP contribution in [0.5, 0.6) is 0 Å². The van der Waals surface area contributed by atoms with Crippen molar-refractivity contribution < 1.29 is 17.9 Å². The lowest BCUT2D eigenvalue weighted by Crippen LogP contribution is -2.31. The third-order valence-electron chi connectivity index (χ3n) is 2.50. The molecule has 1 aromatic heterocycles. The number of hydrogen-bond acceptors (Lipinski definition) is 4.